The Bertz CT molecular complexity index is 368. The molecule has 0 bridgehead atoms. The summed E-state index contributed by atoms with van der Waals surface area (Å²) in [7, 11) is -4.34. The molecule has 0 saturated carbocycles. The molecule has 62 valence electrons. The zero-order valence-corrected chi connectivity index (χ0v) is 6.67. The normalized spacial score (nSPS) is 10.5. The average Bonchev–Trinajstić information content (AvgIpc) is 1.86. The average molecular weight is 219 g/mol. The molecule has 0 aliphatic rings. The first-order valence-electron chi connectivity index (χ1n) is 2.46. The van der Waals surface area contributed by atoms with E-state index in [9.17, 15) is 8.42 Å². The summed E-state index contributed by atoms with van der Waals surface area (Å²) >= 11 is 5.30. The molecule has 0 unspecified atom stereocenters. The summed E-state index contributed by atoms with van der Waals surface area (Å²) in [5, 5.41) is -0.961. The number of aromatic nitrogens is 2. The summed E-state index contributed by atoms with van der Waals surface area (Å²) < 4.78 is 29.3. The van der Waals surface area contributed by atoms with E-state index in [1.807, 2.05) is 0 Å². The molecule has 0 saturated heterocycles. The second-order valence-corrected chi connectivity index (χ2v) is 3.32. The van der Waals surface area contributed by atoms with Gasteiger partial charge in [0, 0.05) is 12.4 Å². The van der Waals surface area contributed by atoms with Crippen LogP contribution in [0.5, 0.6) is 0 Å². The first kappa shape index (κ1) is 12.3. The van der Waals surface area contributed by atoms with E-state index in [2.05, 4.69) is 9.97 Å². The van der Waals surface area contributed by atoms with Crippen LogP contribution in [0.2, 0.25) is 5.15 Å². The van der Waals surface area contributed by atoms with Crippen LogP contribution in [0, 0.1) is 0 Å². The fourth-order valence-electron chi connectivity index (χ4n) is 0.481. The summed E-state index contributed by atoms with van der Waals surface area (Å²) in [5.74, 6) is 0. The second kappa shape index (κ2) is 4.50. The van der Waals surface area contributed by atoms with E-state index in [0.29, 0.717) is 0 Å². The van der Waals surface area contributed by atoms with E-state index in [4.69, 9.17) is 16.2 Å². The molecule has 1 heterocycles. The Labute approximate surface area is 96.2 Å². The fourth-order valence-corrected chi connectivity index (χ4v) is 1.34. The fraction of sp³-hybridized carbons (Fsp3) is 0. The van der Waals surface area contributed by atoms with E-state index in [1.54, 1.807) is 0 Å². The molecule has 0 aliphatic heterocycles. The van der Waals surface area contributed by atoms with E-state index in [1.165, 1.54) is 6.20 Å². The van der Waals surface area contributed by atoms with Crippen LogP contribution in [-0.2, 0) is 10.1 Å². The van der Waals surface area contributed by atoms with Gasteiger partial charge in [-0.1, -0.05) is 11.6 Å². The van der Waals surface area contributed by atoms with Crippen LogP contribution < -0.4 is 0 Å². The summed E-state index contributed by atoms with van der Waals surface area (Å²) in [6.07, 6.45) is 2.34. The van der Waals surface area contributed by atoms with Crippen molar-refractivity contribution in [1.29, 1.82) is 0 Å². The van der Waals surface area contributed by atoms with E-state index in [0.717, 1.165) is 6.20 Å². The van der Waals surface area contributed by atoms with Crippen molar-refractivity contribution in [3.05, 3.63) is 17.5 Å². The number of hydrogen-bond acceptors (Lipinski definition) is 4. The van der Waals surface area contributed by atoms with Gasteiger partial charge in [-0.2, -0.15) is 8.42 Å². The predicted octanol–water partition coefficient (Wildman–Crippen LogP) is -0.272. The molecule has 5 nitrogen and oxygen atoms in total. The Morgan fingerprint density at radius 2 is 1.83 bits per heavy atom. The van der Waals surface area contributed by atoms with Crippen LogP contribution in [0.1, 0.15) is 0 Å². The zero-order chi connectivity index (χ0) is 8.48. The molecule has 0 atom stereocenters. The Morgan fingerprint density at radius 1 is 1.33 bits per heavy atom. The van der Waals surface area contributed by atoms with Crippen molar-refractivity contribution in [1.82, 2.24) is 9.97 Å². The summed E-state index contributed by atoms with van der Waals surface area (Å²) in [6.45, 7) is 0. The van der Waals surface area contributed by atoms with Crippen LogP contribution in [0.15, 0.2) is 17.4 Å². The van der Waals surface area contributed by atoms with Gasteiger partial charge < -0.3 is 0 Å². The van der Waals surface area contributed by atoms with Gasteiger partial charge in [-0.15, -0.1) is 0 Å². The summed E-state index contributed by atoms with van der Waals surface area (Å²) in [4.78, 5) is 6.73. The molecule has 0 amide bonds. The Kier molecular flexibility index (Phi) is 4.60. The maximum atomic E-state index is 10.4. The zero-order valence-electron chi connectivity index (χ0n) is 5.10. The van der Waals surface area contributed by atoms with Crippen molar-refractivity contribution in [3.63, 3.8) is 0 Å². The third-order valence-corrected chi connectivity index (χ3v) is 2.04. The molecule has 0 spiro atoms. The third kappa shape index (κ3) is 2.96. The number of hydrogen-bond donors (Lipinski definition) is 1. The Morgan fingerprint density at radius 3 is 2.17 bits per heavy atom. The van der Waals surface area contributed by atoms with Gasteiger partial charge in [-0.05, 0) is 0 Å². The standard InChI is InChI=1S/C4H3ClN2O3S.Na.H/c5-3-4(11(8,9)10)7-2-1-6-3;;/h1-2H,(H,8,9,10);;. The van der Waals surface area contributed by atoms with Crippen molar-refractivity contribution in [2.45, 2.75) is 5.03 Å². The Balaban J connectivity index is 0.00000121. The van der Waals surface area contributed by atoms with Crippen molar-refractivity contribution in [3.8, 4) is 0 Å². The van der Waals surface area contributed by atoms with Crippen molar-refractivity contribution < 1.29 is 13.0 Å². The van der Waals surface area contributed by atoms with E-state index < -0.39 is 15.1 Å². The second-order valence-electron chi connectivity index (χ2n) is 1.63. The molecular weight excluding hydrogens is 215 g/mol. The number of rotatable bonds is 1. The minimum atomic E-state index is -4.34. The first-order chi connectivity index (χ1) is 5.02. The minimum absolute atomic E-state index is 0. The molecule has 0 fully saturated rings. The van der Waals surface area contributed by atoms with Crippen LogP contribution in [0.25, 0.3) is 0 Å². The predicted molar refractivity (Wildman–Crippen MR) is 44.0 cm³/mol. The molecule has 1 N–H and O–H groups in total. The molecule has 1 aromatic heterocycles. The van der Waals surface area contributed by atoms with Crippen molar-refractivity contribution in [2.24, 2.45) is 0 Å². The van der Waals surface area contributed by atoms with Crippen LogP contribution in [0.3, 0.4) is 0 Å². The molecule has 0 radical (unpaired) electrons. The van der Waals surface area contributed by atoms with Gasteiger partial charge in [-0.25, -0.2) is 9.97 Å². The number of halogens is 1. The topological polar surface area (TPSA) is 80.2 Å². The Hall–Kier alpha value is 0.280. The van der Waals surface area contributed by atoms with E-state index in [-0.39, 0.29) is 34.7 Å². The van der Waals surface area contributed by atoms with Crippen LogP contribution in [0.4, 0.5) is 0 Å². The van der Waals surface area contributed by atoms with Crippen LogP contribution >= 0.6 is 11.6 Å². The molecule has 1 rings (SSSR count). The molecule has 1 aromatic rings. The van der Waals surface area contributed by atoms with Gasteiger partial charge in [0.25, 0.3) is 0 Å². The first-order valence-corrected chi connectivity index (χ1v) is 4.27. The van der Waals surface area contributed by atoms with Crippen LogP contribution in [-0.4, -0.2) is 52.5 Å². The quantitative estimate of drug-likeness (QED) is 0.518. The van der Waals surface area contributed by atoms with Gasteiger partial charge in [0.15, 0.2) is 5.15 Å². The van der Waals surface area contributed by atoms with Gasteiger partial charge in [0.1, 0.15) is 0 Å². The van der Waals surface area contributed by atoms with Crippen molar-refractivity contribution >= 4 is 51.3 Å². The number of nitrogens with zero attached hydrogens (tertiary/aromatic N) is 2. The SMILES string of the molecule is O=S(=O)(O)c1nccnc1Cl.[NaH]. The third-order valence-electron chi connectivity index (χ3n) is 0.867. The monoisotopic (exact) mass is 218 g/mol. The summed E-state index contributed by atoms with van der Waals surface area (Å²) in [5.41, 5.74) is 0. The van der Waals surface area contributed by atoms with Gasteiger partial charge in [0.05, 0.1) is 0 Å². The van der Waals surface area contributed by atoms with Crippen molar-refractivity contribution in [2.75, 3.05) is 0 Å². The maximum absolute atomic E-state index is 10.4. The summed E-state index contributed by atoms with van der Waals surface area (Å²) in [6, 6.07) is 0. The molecular formula is C4H4ClN2NaO3S. The van der Waals surface area contributed by atoms with Gasteiger partial charge in [-0.3, -0.25) is 4.55 Å². The van der Waals surface area contributed by atoms with Gasteiger partial charge >= 0.3 is 39.7 Å². The van der Waals surface area contributed by atoms with E-state index >= 15 is 0 Å². The molecule has 0 aromatic carbocycles. The molecule has 8 heteroatoms. The molecule has 0 aliphatic carbocycles. The van der Waals surface area contributed by atoms with Gasteiger partial charge in [0.2, 0.25) is 5.03 Å². The molecule has 12 heavy (non-hydrogen) atoms.